The van der Waals surface area contributed by atoms with E-state index in [4.69, 9.17) is 20.3 Å². The molecule has 1 fully saturated rings. The summed E-state index contributed by atoms with van der Waals surface area (Å²) >= 11 is 0. The number of hydrogen-bond donors (Lipinski definition) is 5. The number of aliphatic carboxylic acids is 1. The van der Waals surface area contributed by atoms with Crippen LogP contribution in [0.5, 0.6) is 0 Å². The zero-order valence-corrected chi connectivity index (χ0v) is 25.3. The average molecular weight is 608 g/mol. The maximum absolute atomic E-state index is 13.0. The van der Waals surface area contributed by atoms with Gasteiger partial charge in [0.05, 0.1) is 12.3 Å². The monoisotopic (exact) mass is 607 g/mol. The Bertz CT molecular complexity index is 1350. The van der Waals surface area contributed by atoms with Crippen molar-refractivity contribution in [2.24, 2.45) is 22.7 Å². The molecule has 12 nitrogen and oxygen atoms in total. The minimum absolute atomic E-state index is 0.0606. The SMILES string of the molecule is CC(C)(C)OC(=O)C[C@H](NC(=O)OCC1c2ccccc2-c2ccccc21)/C(N)=N/NC(=O)NC[C@H]1CC[C@H](C(=O)O)CC1. The van der Waals surface area contributed by atoms with Crippen LogP contribution in [0.25, 0.3) is 11.1 Å². The number of esters is 1. The number of nitrogens with two attached hydrogens (primary N) is 1. The first kappa shape index (κ1) is 32.3. The van der Waals surface area contributed by atoms with E-state index in [9.17, 15) is 19.2 Å². The van der Waals surface area contributed by atoms with Gasteiger partial charge in [0.2, 0.25) is 0 Å². The minimum Gasteiger partial charge on any atom is -0.481 e. The van der Waals surface area contributed by atoms with Gasteiger partial charge >= 0.3 is 24.1 Å². The lowest BCUT2D eigenvalue weighted by molar-refractivity contribution is -0.155. The maximum atomic E-state index is 13.0. The number of fused-ring (bicyclic) bond motifs is 3. The number of hydrogen-bond acceptors (Lipinski definition) is 7. The summed E-state index contributed by atoms with van der Waals surface area (Å²) in [4.78, 5) is 49.1. The highest BCUT2D eigenvalue weighted by atomic mass is 16.6. The number of amides is 3. The van der Waals surface area contributed by atoms with Crippen molar-refractivity contribution in [2.45, 2.75) is 70.4 Å². The third-order valence-corrected chi connectivity index (χ3v) is 7.82. The van der Waals surface area contributed by atoms with E-state index >= 15 is 0 Å². The van der Waals surface area contributed by atoms with Crippen LogP contribution in [0.1, 0.15) is 69.9 Å². The lowest BCUT2D eigenvalue weighted by Gasteiger charge is -2.26. The van der Waals surface area contributed by atoms with Crippen molar-refractivity contribution in [3.05, 3.63) is 59.7 Å². The first-order chi connectivity index (χ1) is 20.9. The van der Waals surface area contributed by atoms with Crippen LogP contribution >= 0.6 is 0 Å². The summed E-state index contributed by atoms with van der Waals surface area (Å²) in [6, 6.07) is 14.2. The van der Waals surface area contributed by atoms with Crippen molar-refractivity contribution >= 4 is 29.9 Å². The van der Waals surface area contributed by atoms with Gasteiger partial charge in [0.1, 0.15) is 24.1 Å². The quantitative estimate of drug-likeness (QED) is 0.116. The summed E-state index contributed by atoms with van der Waals surface area (Å²) in [5.74, 6) is -1.97. The Balaban J connectivity index is 1.35. The van der Waals surface area contributed by atoms with Crippen LogP contribution in [0.15, 0.2) is 53.6 Å². The number of amidine groups is 1. The molecule has 12 heteroatoms. The first-order valence-electron chi connectivity index (χ1n) is 14.8. The van der Waals surface area contributed by atoms with Crippen molar-refractivity contribution in [2.75, 3.05) is 13.2 Å². The summed E-state index contributed by atoms with van der Waals surface area (Å²) < 4.78 is 11.0. The standard InChI is InChI=1S/C32H41N5O7/c1-32(2,3)44-27(38)16-26(28(33)36-37-30(41)34-17-19-12-14-20(15-13-19)29(39)40)35-31(42)43-18-25-23-10-6-4-8-21(23)22-9-5-7-11-24(22)25/h4-11,19-20,25-26H,12-18H2,1-3H3,(H2,33,36)(H,35,42)(H,39,40)(H2,34,37,41)/t19-,20-,26-/m0/s1. The van der Waals surface area contributed by atoms with Crippen molar-refractivity contribution in [3.63, 3.8) is 0 Å². The van der Waals surface area contributed by atoms with Crippen molar-refractivity contribution in [3.8, 4) is 11.1 Å². The lowest BCUT2D eigenvalue weighted by Crippen LogP contribution is -2.48. The number of ether oxygens (including phenoxy) is 2. The van der Waals surface area contributed by atoms with Gasteiger partial charge in [0, 0.05) is 12.5 Å². The van der Waals surface area contributed by atoms with E-state index in [-0.39, 0.29) is 36.6 Å². The average Bonchev–Trinajstić information content (AvgIpc) is 3.30. The van der Waals surface area contributed by atoms with Crippen LogP contribution in [0, 0.1) is 11.8 Å². The molecule has 2 aliphatic carbocycles. The van der Waals surface area contributed by atoms with Crippen molar-refractivity contribution in [1.29, 1.82) is 0 Å². The van der Waals surface area contributed by atoms with Crippen molar-refractivity contribution in [1.82, 2.24) is 16.1 Å². The molecule has 1 atom stereocenters. The van der Waals surface area contributed by atoms with Crippen LogP contribution in [0.4, 0.5) is 9.59 Å². The number of nitrogens with zero attached hydrogens (tertiary/aromatic N) is 1. The number of carbonyl (C=O) groups is 4. The van der Waals surface area contributed by atoms with Crippen LogP contribution in [0.3, 0.4) is 0 Å². The fourth-order valence-electron chi connectivity index (χ4n) is 5.65. The Morgan fingerprint density at radius 2 is 1.57 bits per heavy atom. The van der Waals surface area contributed by atoms with Gasteiger partial charge in [-0.3, -0.25) is 9.59 Å². The first-order valence-corrected chi connectivity index (χ1v) is 14.8. The molecule has 0 aliphatic heterocycles. The van der Waals surface area contributed by atoms with Crippen LogP contribution in [-0.4, -0.2) is 59.8 Å². The number of rotatable bonds is 10. The maximum Gasteiger partial charge on any atom is 0.407 e. The minimum atomic E-state index is -1.12. The molecule has 2 aromatic rings. The Morgan fingerprint density at radius 1 is 0.977 bits per heavy atom. The van der Waals surface area contributed by atoms with E-state index < -0.39 is 35.7 Å². The Hall–Kier alpha value is -4.61. The summed E-state index contributed by atoms with van der Waals surface area (Å²) in [6.45, 7) is 5.57. The molecule has 4 rings (SSSR count). The normalized spacial score (nSPS) is 18.8. The van der Waals surface area contributed by atoms with Crippen LogP contribution < -0.4 is 21.8 Å². The molecule has 0 heterocycles. The number of carbonyl (C=O) groups excluding carboxylic acids is 3. The second-order valence-corrected chi connectivity index (χ2v) is 12.2. The number of hydrazone groups is 1. The summed E-state index contributed by atoms with van der Waals surface area (Å²) in [5.41, 5.74) is 12.0. The number of alkyl carbamates (subject to hydrolysis) is 1. The molecule has 0 unspecified atom stereocenters. The second kappa shape index (κ2) is 14.2. The second-order valence-electron chi connectivity index (χ2n) is 12.2. The summed E-state index contributed by atoms with van der Waals surface area (Å²) in [7, 11) is 0. The predicted octanol–water partition coefficient (Wildman–Crippen LogP) is 4.09. The molecule has 2 aliphatic rings. The zero-order chi connectivity index (χ0) is 31.9. The summed E-state index contributed by atoms with van der Waals surface area (Å²) in [5, 5.41) is 18.4. The molecule has 0 saturated heterocycles. The number of urea groups is 1. The number of carboxylic acid groups (broad SMARTS) is 1. The third kappa shape index (κ3) is 8.71. The van der Waals surface area contributed by atoms with Gasteiger partial charge in [-0.1, -0.05) is 48.5 Å². The molecular weight excluding hydrogens is 566 g/mol. The predicted molar refractivity (Wildman–Crippen MR) is 164 cm³/mol. The highest BCUT2D eigenvalue weighted by Gasteiger charge is 2.31. The van der Waals surface area contributed by atoms with Crippen LogP contribution in [0.2, 0.25) is 0 Å². The van der Waals surface area contributed by atoms with E-state index in [1.54, 1.807) is 20.8 Å². The Labute approximate surface area is 256 Å². The Kier molecular flexibility index (Phi) is 10.5. The van der Waals surface area contributed by atoms with Gasteiger partial charge in [0.25, 0.3) is 0 Å². The van der Waals surface area contributed by atoms with E-state index in [0.29, 0.717) is 32.2 Å². The van der Waals surface area contributed by atoms with Gasteiger partial charge in [0.15, 0.2) is 0 Å². The summed E-state index contributed by atoms with van der Waals surface area (Å²) in [6.07, 6.45) is 1.40. The fraction of sp³-hybridized carbons (Fsp3) is 0.469. The molecule has 0 spiro atoms. The van der Waals surface area contributed by atoms with E-state index in [1.807, 2.05) is 48.5 Å². The number of carboxylic acids is 1. The van der Waals surface area contributed by atoms with E-state index in [2.05, 4.69) is 21.2 Å². The molecule has 6 N–H and O–H groups in total. The zero-order valence-electron chi connectivity index (χ0n) is 25.3. The van der Waals surface area contributed by atoms with Gasteiger partial charge in [-0.15, -0.1) is 0 Å². The molecule has 0 bridgehead atoms. The highest BCUT2D eigenvalue weighted by molar-refractivity contribution is 5.93. The fourth-order valence-corrected chi connectivity index (χ4v) is 5.65. The molecule has 0 aromatic heterocycles. The molecule has 236 valence electrons. The molecule has 3 amide bonds. The van der Waals surface area contributed by atoms with Gasteiger partial charge in [-0.2, -0.15) is 5.10 Å². The van der Waals surface area contributed by atoms with Gasteiger partial charge in [-0.25, -0.2) is 15.0 Å². The highest BCUT2D eigenvalue weighted by Crippen LogP contribution is 2.44. The smallest absolute Gasteiger partial charge is 0.407 e. The molecule has 2 aromatic carbocycles. The number of benzene rings is 2. The lowest BCUT2D eigenvalue weighted by atomic mass is 9.82. The topological polar surface area (TPSA) is 181 Å². The molecule has 1 saturated carbocycles. The van der Waals surface area contributed by atoms with E-state index in [1.165, 1.54) is 0 Å². The number of nitrogens with one attached hydrogen (secondary N) is 3. The Morgan fingerprint density at radius 3 is 2.14 bits per heavy atom. The molecule has 0 radical (unpaired) electrons. The van der Waals surface area contributed by atoms with Crippen molar-refractivity contribution < 1.29 is 33.8 Å². The van der Waals surface area contributed by atoms with E-state index in [0.717, 1.165) is 22.3 Å². The largest absolute Gasteiger partial charge is 0.481 e. The van der Waals surface area contributed by atoms with Gasteiger partial charge in [-0.05, 0) is 74.6 Å². The molecular formula is C32H41N5O7. The third-order valence-electron chi connectivity index (χ3n) is 7.82. The van der Waals surface area contributed by atoms with Crippen LogP contribution in [-0.2, 0) is 19.1 Å². The van der Waals surface area contributed by atoms with Gasteiger partial charge < -0.3 is 30.9 Å². The molecule has 44 heavy (non-hydrogen) atoms.